The Bertz CT molecular complexity index is 714. The van der Waals surface area contributed by atoms with Gasteiger partial charge >= 0.3 is 5.97 Å². The molecule has 0 aromatic heterocycles. The summed E-state index contributed by atoms with van der Waals surface area (Å²) in [7, 11) is 0. The number of esters is 1. The predicted molar refractivity (Wildman–Crippen MR) is 81.1 cm³/mol. The van der Waals surface area contributed by atoms with Gasteiger partial charge in [0.1, 0.15) is 0 Å². The van der Waals surface area contributed by atoms with E-state index in [0.29, 0.717) is 5.56 Å². The Kier molecular flexibility index (Phi) is 5.41. The highest BCUT2D eigenvalue weighted by atomic mass is 19.2. The quantitative estimate of drug-likeness (QED) is 0.860. The number of halogens is 2. The smallest absolute Gasteiger partial charge is 0.338 e. The molecule has 0 radical (unpaired) electrons. The topological polar surface area (TPSA) is 55.4 Å². The Morgan fingerprint density at radius 3 is 2.35 bits per heavy atom. The number of nitrogens with one attached hydrogen (secondary N) is 1. The summed E-state index contributed by atoms with van der Waals surface area (Å²) in [6.07, 6.45) is 0.853. The number of hydrogen-bond acceptors (Lipinski definition) is 3. The summed E-state index contributed by atoms with van der Waals surface area (Å²) >= 11 is 0. The number of carbonyl (C=O) groups excluding carboxylic acids is 2. The summed E-state index contributed by atoms with van der Waals surface area (Å²) < 4.78 is 30.7. The van der Waals surface area contributed by atoms with Crippen LogP contribution in [0.1, 0.15) is 22.8 Å². The van der Waals surface area contributed by atoms with E-state index in [9.17, 15) is 18.4 Å². The molecular formula is C17H15F2NO3. The highest BCUT2D eigenvalue weighted by molar-refractivity contribution is 5.95. The SMILES string of the molecule is CCc1ccc(C(=O)OCC(=O)Nc2ccc(F)c(F)c2)cc1. The van der Waals surface area contributed by atoms with Crippen LogP contribution in [0.3, 0.4) is 0 Å². The van der Waals surface area contributed by atoms with E-state index in [4.69, 9.17) is 4.74 Å². The van der Waals surface area contributed by atoms with Crippen LogP contribution in [0.5, 0.6) is 0 Å². The van der Waals surface area contributed by atoms with Gasteiger partial charge in [0.25, 0.3) is 5.91 Å². The average molecular weight is 319 g/mol. The largest absolute Gasteiger partial charge is 0.452 e. The molecule has 0 saturated carbocycles. The fraction of sp³-hybridized carbons (Fsp3) is 0.176. The maximum absolute atomic E-state index is 13.0. The van der Waals surface area contributed by atoms with Gasteiger partial charge < -0.3 is 10.1 Å². The molecule has 2 aromatic rings. The van der Waals surface area contributed by atoms with E-state index >= 15 is 0 Å². The molecule has 0 aliphatic carbocycles. The van der Waals surface area contributed by atoms with Gasteiger partial charge in [0.2, 0.25) is 0 Å². The van der Waals surface area contributed by atoms with Crippen molar-refractivity contribution < 1.29 is 23.1 Å². The Morgan fingerprint density at radius 2 is 1.74 bits per heavy atom. The van der Waals surface area contributed by atoms with E-state index in [-0.39, 0.29) is 5.69 Å². The number of hydrogen-bond donors (Lipinski definition) is 1. The number of amides is 1. The molecule has 2 rings (SSSR count). The molecule has 0 bridgehead atoms. The maximum Gasteiger partial charge on any atom is 0.338 e. The first kappa shape index (κ1) is 16.6. The van der Waals surface area contributed by atoms with Crippen LogP contribution in [0.25, 0.3) is 0 Å². The van der Waals surface area contributed by atoms with Crippen molar-refractivity contribution in [2.45, 2.75) is 13.3 Å². The Labute approximate surface area is 132 Å². The van der Waals surface area contributed by atoms with Gasteiger partial charge in [-0.05, 0) is 36.2 Å². The van der Waals surface area contributed by atoms with E-state index < -0.39 is 30.1 Å². The third kappa shape index (κ3) is 4.60. The Morgan fingerprint density at radius 1 is 1.04 bits per heavy atom. The van der Waals surface area contributed by atoms with Gasteiger partial charge in [0, 0.05) is 11.8 Å². The lowest BCUT2D eigenvalue weighted by Gasteiger charge is -2.07. The molecule has 0 fully saturated rings. The van der Waals surface area contributed by atoms with Crippen molar-refractivity contribution in [2.75, 3.05) is 11.9 Å². The number of aryl methyl sites for hydroxylation is 1. The van der Waals surface area contributed by atoms with Gasteiger partial charge in [0.15, 0.2) is 18.2 Å². The highest BCUT2D eigenvalue weighted by Crippen LogP contribution is 2.13. The van der Waals surface area contributed by atoms with E-state index in [1.165, 1.54) is 6.07 Å². The van der Waals surface area contributed by atoms with Gasteiger partial charge in [-0.3, -0.25) is 4.79 Å². The van der Waals surface area contributed by atoms with Crippen molar-refractivity contribution in [3.63, 3.8) is 0 Å². The molecule has 2 aromatic carbocycles. The number of benzene rings is 2. The minimum Gasteiger partial charge on any atom is -0.452 e. The monoisotopic (exact) mass is 319 g/mol. The van der Waals surface area contributed by atoms with Crippen molar-refractivity contribution in [1.29, 1.82) is 0 Å². The fourth-order valence-corrected chi connectivity index (χ4v) is 1.86. The number of anilines is 1. The molecule has 0 heterocycles. The molecular weight excluding hydrogens is 304 g/mol. The van der Waals surface area contributed by atoms with Crippen LogP contribution in [-0.4, -0.2) is 18.5 Å². The second-order valence-electron chi connectivity index (χ2n) is 4.80. The summed E-state index contributed by atoms with van der Waals surface area (Å²) in [6.45, 7) is 1.48. The lowest BCUT2D eigenvalue weighted by atomic mass is 10.1. The van der Waals surface area contributed by atoms with Crippen LogP contribution in [0.4, 0.5) is 14.5 Å². The lowest BCUT2D eigenvalue weighted by Crippen LogP contribution is -2.21. The molecule has 1 N–H and O–H groups in total. The van der Waals surface area contributed by atoms with Crippen LogP contribution < -0.4 is 5.32 Å². The van der Waals surface area contributed by atoms with Crippen LogP contribution in [0.15, 0.2) is 42.5 Å². The second kappa shape index (κ2) is 7.49. The molecule has 0 atom stereocenters. The van der Waals surface area contributed by atoms with E-state index in [0.717, 1.165) is 24.1 Å². The third-order valence-corrected chi connectivity index (χ3v) is 3.14. The molecule has 6 heteroatoms. The van der Waals surface area contributed by atoms with Crippen molar-refractivity contribution in [1.82, 2.24) is 0 Å². The summed E-state index contributed by atoms with van der Waals surface area (Å²) in [5.74, 6) is -3.36. The van der Waals surface area contributed by atoms with Gasteiger partial charge in [-0.1, -0.05) is 19.1 Å². The van der Waals surface area contributed by atoms with E-state index in [1.54, 1.807) is 24.3 Å². The molecule has 23 heavy (non-hydrogen) atoms. The summed E-state index contributed by atoms with van der Waals surface area (Å²) in [5, 5.41) is 2.31. The van der Waals surface area contributed by atoms with Crippen molar-refractivity contribution in [3.8, 4) is 0 Å². The Balaban J connectivity index is 1.87. The van der Waals surface area contributed by atoms with Crippen LogP contribution in [-0.2, 0) is 16.0 Å². The van der Waals surface area contributed by atoms with Crippen molar-refractivity contribution in [2.24, 2.45) is 0 Å². The first-order valence-electron chi connectivity index (χ1n) is 7.00. The lowest BCUT2D eigenvalue weighted by molar-refractivity contribution is -0.119. The van der Waals surface area contributed by atoms with Gasteiger partial charge in [-0.25, -0.2) is 13.6 Å². The molecule has 4 nitrogen and oxygen atoms in total. The van der Waals surface area contributed by atoms with Gasteiger partial charge in [-0.2, -0.15) is 0 Å². The average Bonchev–Trinajstić information content (AvgIpc) is 2.56. The summed E-state index contributed by atoms with van der Waals surface area (Å²) in [4.78, 5) is 23.4. The standard InChI is InChI=1S/C17H15F2NO3/c1-2-11-3-5-12(6-4-11)17(22)23-10-16(21)20-13-7-8-14(18)15(19)9-13/h3-9H,2,10H2,1H3,(H,20,21). The zero-order chi connectivity index (χ0) is 16.8. The minimum absolute atomic E-state index is 0.0808. The zero-order valence-corrected chi connectivity index (χ0v) is 12.4. The summed E-state index contributed by atoms with van der Waals surface area (Å²) in [5.41, 5.74) is 1.50. The number of ether oxygens (including phenoxy) is 1. The van der Waals surface area contributed by atoms with Crippen molar-refractivity contribution in [3.05, 3.63) is 65.2 Å². The van der Waals surface area contributed by atoms with Crippen molar-refractivity contribution >= 4 is 17.6 Å². The Hall–Kier alpha value is -2.76. The maximum atomic E-state index is 13.0. The molecule has 0 aliphatic heterocycles. The fourth-order valence-electron chi connectivity index (χ4n) is 1.86. The first-order valence-corrected chi connectivity index (χ1v) is 7.00. The van der Waals surface area contributed by atoms with E-state index in [1.807, 2.05) is 6.92 Å². The molecule has 0 saturated heterocycles. The second-order valence-corrected chi connectivity index (χ2v) is 4.80. The number of rotatable bonds is 5. The summed E-state index contributed by atoms with van der Waals surface area (Å²) in [6, 6.07) is 9.80. The third-order valence-electron chi connectivity index (χ3n) is 3.14. The number of carbonyl (C=O) groups is 2. The molecule has 0 aliphatic rings. The van der Waals surface area contributed by atoms with Crippen LogP contribution in [0.2, 0.25) is 0 Å². The minimum atomic E-state index is -1.07. The molecule has 0 unspecified atom stereocenters. The first-order chi connectivity index (χ1) is 11.0. The van der Waals surface area contributed by atoms with E-state index in [2.05, 4.69) is 5.32 Å². The highest BCUT2D eigenvalue weighted by Gasteiger charge is 2.11. The van der Waals surface area contributed by atoms with Crippen LogP contribution in [0, 0.1) is 11.6 Å². The van der Waals surface area contributed by atoms with Gasteiger partial charge in [0.05, 0.1) is 5.56 Å². The van der Waals surface area contributed by atoms with Crippen LogP contribution >= 0.6 is 0 Å². The molecule has 1 amide bonds. The van der Waals surface area contributed by atoms with Gasteiger partial charge in [-0.15, -0.1) is 0 Å². The molecule has 0 spiro atoms. The normalized spacial score (nSPS) is 10.2. The molecule has 120 valence electrons. The predicted octanol–water partition coefficient (Wildman–Crippen LogP) is 3.32. The zero-order valence-electron chi connectivity index (χ0n) is 12.4.